The van der Waals surface area contributed by atoms with Crippen molar-refractivity contribution in [3.63, 3.8) is 0 Å². The minimum atomic E-state index is -0.173. The Morgan fingerprint density at radius 2 is 2.11 bits per heavy atom. The van der Waals surface area contributed by atoms with Crippen molar-refractivity contribution < 1.29 is 9.47 Å². The van der Waals surface area contributed by atoms with Crippen LogP contribution in [0.15, 0.2) is 24.3 Å². The number of nitrogens with two attached hydrogens (primary N) is 1. The van der Waals surface area contributed by atoms with Crippen molar-refractivity contribution >= 4 is 0 Å². The zero-order valence-corrected chi connectivity index (χ0v) is 11.2. The van der Waals surface area contributed by atoms with E-state index in [9.17, 15) is 0 Å². The van der Waals surface area contributed by atoms with E-state index in [-0.39, 0.29) is 17.7 Å². The van der Waals surface area contributed by atoms with Crippen LogP contribution >= 0.6 is 0 Å². The molecular formula is C16H21NO2. The van der Waals surface area contributed by atoms with Crippen LogP contribution in [0.3, 0.4) is 0 Å². The molecule has 3 atom stereocenters. The summed E-state index contributed by atoms with van der Waals surface area (Å²) in [5.74, 6) is 1.74. The molecule has 19 heavy (non-hydrogen) atoms. The molecule has 1 saturated heterocycles. The Morgan fingerprint density at radius 1 is 1.26 bits per heavy atom. The molecule has 0 aromatic heterocycles. The summed E-state index contributed by atoms with van der Waals surface area (Å²) in [5, 5.41) is 0. The number of rotatable bonds is 3. The molecule has 0 amide bonds. The van der Waals surface area contributed by atoms with Gasteiger partial charge in [0.15, 0.2) is 0 Å². The van der Waals surface area contributed by atoms with Gasteiger partial charge in [0.05, 0.1) is 6.10 Å². The number of benzene rings is 1. The molecule has 0 bridgehead atoms. The van der Waals surface area contributed by atoms with Gasteiger partial charge in [0, 0.05) is 25.0 Å². The average Bonchev–Trinajstić information content (AvgIpc) is 3.04. The Hall–Kier alpha value is -1.06. The van der Waals surface area contributed by atoms with Gasteiger partial charge in [0.2, 0.25) is 0 Å². The van der Waals surface area contributed by atoms with Gasteiger partial charge in [-0.05, 0) is 36.8 Å². The predicted octanol–water partition coefficient (Wildman–Crippen LogP) is 2.28. The van der Waals surface area contributed by atoms with Gasteiger partial charge in [0.1, 0.15) is 11.9 Å². The lowest BCUT2D eigenvalue weighted by molar-refractivity contribution is 0.0477. The second-order valence-electron chi connectivity index (χ2n) is 6.37. The van der Waals surface area contributed by atoms with Gasteiger partial charge in [0.25, 0.3) is 0 Å². The van der Waals surface area contributed by atoms with Crippen LogP contribution in [0.1, 0.15) is 31.2 Å². The summed E-state index contributed by atoms with van der Waals surface area (Å²) in [7, 11) is 0. The maximum Gasteiger partial charge on any atom is 0.123 e. The molecule has 4 rings (SSSR count). The standard InChI is InChI=1S/C16H21NO2/c17-16(7-8-18-15(16)11-5-6-11)10-13-9-12-3-1-2-4-14(12)19-13/h1-4,11,13,15H,5-10,17H2. The van der Waals surface area contributed by atoms with Crippen molar-refractivity contribution in [1.82, 2.24) is 0 Å². The van der Waals surface area contributed by atoms with Gasteiger partial charge in [-0.15, -0.1) is 0 Å². The molecular weight excluding hydrogens is 238 g/mol. The molecule has 3 unspecified atom stereocenters. The first-order valence-electron chi connectivity index (χ1n) is 7.40. The van der Waals surface area contributed by atoms with Crippen molar-refractivity contribution in [2.75, 3.05) is 6.61 Å². The first-order chi connectivity index (χ1) is 9.24. The normalized spacial score (nSPS) is 37.1. The number of hydrogen-bond acceptors (Lipinski definition) is 3. The fourth-order valence-corrected chi connectivity index (χ4v) is 3.70. The number of ether oxygens (including phenoxy) is 2. The summed E-state index contributed by atoms with van der Waals surface area (Å²) in [6, 6.07) is 8.32. The van der Waals surface area contributed by atoms with Crippen molar-refractivity contribution in [3.8, 4) is 5.75 Å². The Morgan fingerprint density at radius 3 is 2.89 bits per heavy atom. The van der Waals surface area contributed by atoms with Crippen LogP contribution in [0.4, 0.5) is 0 Å². The maximum absolute atomic E-state index is 6.65. The minimum Gasteiger partial charge on any atom is -0.490 e. The largest absolute Gasteiger partial charge is 0.490 e. The summed E-state index contributed by atoms with van der Waals surface area (Å²) in [4.78, 5) is 0. The van der Waals surface area contributed by atoms with E-state index in [0.717, 1.165) is 31.6 Å². The molecule has 1 aliphatic carbocycles. The molecule has 1 aromatic carbocycles. The van der Waals surface area contributed by atoms with E-state index in [1.54, 1.807) is 0 Å². The first kappa shape index (κ1) is 11.7. The molecule has 3 aliphatic rings. The zero-order valence-electron chi connectivity index (χ0n) is 11.2. The Bertz CT molecular complexity index is 460. The van der Waals surface area contributed by atoms with Gasteiger partial charge in [-0.2, -0.15) is 0 Å². The van der Waals surface area contributed by atoms with Crippen molar-refractivity contribution in [2.45, 2.75) is 49.9 Å². The molecule has 2 N–H and O–H groups in total. The lowest BCUT2D eigenvalue weighted by Gasteiger charge is -2.32. The van der Waals surface area contributed by atoms with E-state index in [2.05, 4.69) is 18.2 Å². The smallest absolute Gasteiger partial charge is 0.123 e. The maximum atomic E-state index is 6.65. The van der Waals surface area contributed by atoms with E-state index in [1.807, 2.05) is 6.07 Å². The fraction of sp³-hybridized carbons (Fsp3) is 0.625. The molecule has 3 heteroatoms. The summed E-state index contributed by atoms with van der Waals surface area (Å²) in [6.45, 7) is 0.817. The van der Waals surface area contributed by atoms with Gasteiger partial charge in [-0.25, -0.2) is 0 Å². The highest BCUT2D eigenvalue weighted by atomic mass is 16.5. The third-order valence-corrected chi connectivity index (χ3v) is 4.80. The minimum absolute atomic E-state index is 0.173. The topological polar surface area (TPSA) is 44.5 Å². The van der Waals surface area contributed by atoms with E-state index in [1.165, 1.54) is 18.4 Å². The quantitative estimate of drug-likeness (QED) is 0.905. The molecule has 102 valence electrons. The highest BCUT2D eigenvalue weighted by Crippen LogP contribution is 2.45. The SMILES string of the molecule is NC1(CC2Cc3ccccc3O2)CCOC1C1CC1. The first-order valence-corrected chi connectivity index (χ1v) is 7.40. The van der Waals surface area contributed by atoms with E-state index in [0.29, 0.717) is 5.92 Å². The van der Waals surface area contributed by atoms with Crippen LogP contribution in [-0.4, -0.2) is 24.4 Å². The van der Waals surface area contributed by atoms with Crippen LogP contribution in [0.25, 0.3) is 0 Å². The van der Waals surface area contributed by atoms with Gasteiger partial charge in [-0.3, -0.25) is 0 Å². The average molecular weight is 259 g/mol. The summed E-state index contributed by atoms with van der Waals surface area (Å²) in [5.41, 5.74) is 7.80. The lowest BCUT2D eigenvalue weighted by Crippen LogP contribution is -2.51. The summed E-state index contributed by atoms with van der Waals surface area (Å²) in [6.07, 6.45) is 5.95. The Kier molecular flexibility index (Phi) is 2.61. The molecule has 1 saturated carbocycles. The van der Waals surface area contributed by atoms with E-state index < -0.39 is 0 Å². The molecule has 2 heterocycles. The number of para-hydroxylation sites is 1. The fourth-order valence-electron chi connectivity index (χ4n) is 3.70. The van der Waals surface area contributed by atoms with E-state index >= 15 is 0 Å². The van der Waals surface area contributed by atoms with Gasteiger partial charge in [-0.1, -0.05) is 18.2 Å². The van der Waals surface area contributed by atoms with Crippen LogP contribution in [0.2, 0.25) is 0 Å². The molecule has 1 aromatic rings. The van der Waals surface area contributed by atoms with Gasteiger partial charge >= 0.3 is 0 Å². The molecule has 2 aliphatic heterocycles. The predicted molar refractivity (Wildman–Crippen MR) is 73.2 cm³/mol. The van der Waals surface area contributed by atoms with Crippen LogP contribution in [0.5, 0.6) is 5.75 Å². The zero-order chi connectivity index (χ0) is 12.9. The molecule has 2 fully saturated rings. The van der Waals surface area contributed by atoms with Gasteiger partial charge < -0.3 is 15.2 Å². The van der Waals surface area contributed by atoms with Crippen molar-refractivity contribution in [3.05, 3.63) is 29.8 Å². The van der Waals surface area contributed by atoms with Crippen LogP contribution < -0.4 is 10.5 Å². The highest BCUT2D eigenvalue weighted by molar-refractivity contribution is 5.37. The van der Waals surface area contributed by atoms with E-state index in [4.69, 9.17) is 15.2 Å². The Balaban J connectivity index is 1.47. The third-order valence-electron chi connectivity index (χ3n) is 4.80. The Labute approximate surface area is 114 Å². The second kappa shape index (κ2) is 4.22. The summed E-state index contributed by atoms with van der Waals surface area (Å²) >= 11 is 0. The lowest BCUT2D eigenvalue weighted by atomic mass is 9.83. The number of fused-ring (bicyclic) bond motifs is 1. The monoisotopic (exact) mass is 259 g/mol. The molecule has 3 nitrogen and oxygen atoms in total. The molecule has 0 spiro atoms. The highest BCUT2D eigenvalue weighted by Gasteiger charge is 2.50. The summed E-state index contributed by atoms with van der Waals surface area (Å²) < 4.78 is 11.9. The van der Waals surface area contributed by atoms with Crippen molar-refractivity contribution in [1.29, 1.82) is 0 Å². The number of hydrogen-bond donors (Lipinski definition) is 1. The van der Waals surface area contributed by atoms with Crippen molar-refractivity contribution in [2.24, 2.45) is 11.7 Å². The third kappa shape index (κ3) is 2.05. The molecule has 0 radical (unpaired) electrons. The second-order valence-corrected chi connectivity index (χ2v) is 6.37. The van der Waals surface area contributed by atoms with Crippen LogP contribution in [-0.2, 0) is 11.2 Å². The van der Waals surface area contributed by atoms with Crippen LogP contribution in [0, 0.1) is 5.92 Å².